The molecule has 126 valence electrons. The van der Waals surface area contributed by atoms with Crippen molar-refractivity contribution in [3.63, 3.8) is 0 Å². The minimum Gasteiger partial charge on any atom is -0.481 e. The van der Waals surface area contributed by atoms with Gasteiger partial charge in [0.05, 0.1) is 34.3 Å². The van der Waals surface area contributed by atoms with Crippen LogP contribution in [-0.2, 0) is 10.2 Å². The Kier molecular flexibility index (Phi) is 4.47. The first-order chi connectivity index (χ1) is 11.9. The fourth-order valence-corrected chi connectivity index (χ4v) is 3.05. The lowest BCUT2D eigenvalue weighted by Crippen LogP contribution is -2.16. The molecule has 0 fully saturated rings. The average Bonchev–Trinajstić information content (AvgIpc) is 3.03. The van der Waals surface area contributed by atoms with Crippen LogP contribution in [0, 0.1) is 11.3 Å². The summed E-state index contributed by atoms with van der Waals surface area (Å²) in [7, 11) is 0. The molecule has 0 saturated heterocycles. The van der Waals surface area contributed by atoms with Crippen LogP contribution in [0.3, 0.4) is 0 Å². The van der Waals surface area contributed by atoms with Gasteiger partial charge in [-0.05, 0) is 44.2 Å². The van der Waals surface area contributed by atoms with Gasteiger partial charge >= 0.3 is 5.97 Å². The van der Waals surface area contributed by atoms with E-state index in [-0.39, 0.29) is 5.75 Å². The summed E-state index contributed by atoms with van der Waals surface area (Å²) in [6.45, 7) is 3.63. The molecule has 0 unspecified atom stereocenters. The van der Waals surface area contributed by atoms with Gasteiger partial charge < -0.3 is 10.1 Å². The van der Waals surface area contributed by atoms with Crippen molar-refractivity contribution in [3.05, 3.63) is 42.4 Å². The van der Waals surface area contributed by atoms with E-state index in [9.17, 15) is 10.1 Å². The zero-order valence-corrected chi connectivity index (χ0v) is 14.6. The van der Waals surface area contributed by atoms with Crippen molar-refractivity contribution in [2.45, 2.75) is 24.2 Å². The normalized spacial score (nSPS) is 11.4. The summed E-state index contributed by atoms with van der Waals surface area (Å²) in [4.78, 5) is 23.4. The SMILES string of the molecule is CC(C)(C#N)c1cc(-c2cc3cc(SCC(=O)O)ccc3[nH]2)ncn1. The van der Waals surface area contributed by atoms with Gasteiger partial charge in [-0.25, -0.2) is 9.97 Å². The second-order valence-corrected chi connectivity index (χ2v) is 7.19. The van der Waals surface area contributed by atoms with Gasteiger partial charge in [0.25, 0.3) is 0 Å². The number of carbonyl (C=O) groups is 1. The number of rotatable bonds is 5. The molecule has 25 heavy (non-hydrogen) atoms. The lowest BCUT2D eigenvalue weighted by molar-refractivity contribution is -0.133. The van der Waals surface area contributed by atoms with Crippen LogP contribution in [0.15, 0.2) is 41.6 Å². The number of carboxylic acid groups (broad SMARTS) is 1. The highest BCUT2D eigenvalue weighted by Crippen LogP contribution is 2.29. The average molecular weight is 352 g/mol. The Bertz CT molecular complexity index is 988. The van der Waals surface area contributed by atoms with Gasteiger partial charge in [-0.15, -0.1) is 11.8 Å². The van der Waals surface area contributed by atoms with Crippen LogP contribution in [0.25, 0.3) is 22.3 Å². The molecule has 0 aliphatic rings. The molecule has 7 heteroatoms. The second-order valence-electron chi connectivity index (χ2n) is 6.14. The highest BCUT2D eigenvalue weighted by molar-refractivity contribution is 8.00. The number of aliphatic carboxylic acids is 1. The molecular weight excluding hydrogens is 336 g/mol. The summed E-state index contributed by atoms with van der Waals surface area (Å²) in [6.07, 6.45) is 1.46. The number of nitrogens with zero attached hydrogens (tertiary/aromatic N) is 3. The lowest BCUT2D eigenvalue weighted by atomic mass is 9.90. The van der Waals surface area contributed by atoms with Gasteiger partial charge in [-0.2, -0.15) is 5.26 Å². The summed E-state index contributed by atoms with van der Waals surface area (Å²) < 4.78 is 0. The Balaban J connectivity index is 1.96. The number of nitrogens with one attached hydrogen (secondary N) is 1. The Morgan fingerprint density at radius 1 is 1.32 bits per heavy atom. The van der Waals surface area contributed by atoms with Crippen molar-refractivity contribution >= 4 is 28.6 Å². The van der Waals surface area contributed by atoms with Crippen LogP contribution in [0.1, 0.15) is 19.5 Å². The summed E-state index contributed by atoms with van der Waals surface area (Å²) in [5.74, 6) is -0.810. The number of hydrogen-bond donors (Lipinski definition) is 2. The third-order valence-electron chi connectivity index (χ3n) is 3.82. The zero-order chi connectivity index (χ0) is 18.0. The molecule has 2 heterocycles. The molecular formula is C18H16N4O2S. The van der Waals surface area contributed by atoms with E-state index in [0.717, 1.165) is 21.5 Å². The highest BCUT2D eigenvalue weighted by Gasteiger charge is 2.22. The third kappa shape index (κ3) is 3.64. The minimum atomic E-state index is -0.839. The number of thioether (sulfide) groups is 1. The number of carboxylic acids is 1. The molecule has 1 aromatic carbocycles. The van der Waals surface area contributed by atoms with Gasteiger partial charge in [0.2, 0.25) is 0 Å². The first-order valence-corrected chi connectivity index (χ1v) is 8.59. The Morgan fingerprint density at radius 2 is 2.12 bits per heavy atom. The van der Waals surface area contributed by atoms with Crippen molar-refractivity contribution in [2.75, 3.05) is 5.75 Å². The van der Waals surface area contributed by atoms with Gasteiger partial charge in [-0.3, -0.25) is 4.79 Å². The highest BCUT2D eigenvalue weighted by atomic mass is 32.2. The maximum absolute atomic E-state index is 10.7. The number of hydrogen-bond acceptors (Lipinski definition) is 5. The van der Waals surface area contributed by atoms with Gasteiger partial charge in [0, 0.05) is 15.8 Å². The Labute approximate surface area is 148 Å². The van der Waals surface area contributed by atoms with E-state index in [2.05, 4.69) is 21.0 Å². The van der Waals surface area contributed by atoms with E-state index >= 15 is 0 Å². The Morgan fingerprint density at radius 3 is 2.84 bits per heavy atom. The molecule has 0 amide bonds. The van der Waals surface area contributed by atoms with Crippen LogP contribution >= 0.6 is 11.8 Å². The topological polar surface area (TPSA) is 103 Å². The first-order valence-electron chi connectivity index (χ1n) is 7.60. The van der Waals surface area contributed by atoms with Crippen LogP contribution in [-0.4, -0.2) is 31.8 Å². The molecule has 0 bridgehead atoms. The number of fused-ring (bicyclic) bond motifs is 1. The number of benzene rings is 1. The largest absolute Gasteiger partial charge is 0.481 e. The molecule has 3 rings (SSSR count). The number of H-pyrrole nitrogens is 1. The Hall–Kier alpha value is -2.85. The maximum Gasteiger partial charge on any atom is 0.313 e. The molecule has 0 saturated carbocycles. The molecule has 0 spiro atoms. The third-order valence-corrected chi connectivity index (χ3v) is 4.80. The van der Waals surface area contributed by atoms with Crippen molar-refractivity contribution in [1.29, 1.82) is 5.26 Å². The van der Waals surface area contributed by atoms with Crippen molar-refractivity contribution in [3.8, 4) is 17.5 Å². The smallest absolute Gasteiger partial charge is 0.313 e. The second kappa shape index (κ2) is 6.57. The summed E-state index contributed by atoms with van der Waals surface area (Å²) in [6, 6.07) is 11.8. The predicted octanol–water partition coefficient (Wildman–Crippen LogP) is 3.60. The van der Waals surface area contributed by atoms with Crippen LogP contribution in [0.2, 0.25) is 0 Å². The van der Waals surface area contributed by atoms with Gasteiger partial charge in [-0.1, -0.05) is 0 Å². The van der Waals surface area contributed by atoms with E-state index in [1.165, 1.54) is 18.1 Å². The van der Waals surface area contributed by atoms with Gasteiger partial charge in [0.1, 0.15) is 6.33 Å². The summed E-state index contributed by atoms with van der Waals surface area (Å²) in [5.41, 5.74) is 2.45. The van der Waals surface area contributed by atoms with E-state index in [1.54, 1.807) is 0 Å². The van der Waals surface area contributed by atoms with Gasteiger partial charge in [0.15, 0.2) is 0 Å². The molecule has 0 radical (unpaired) electrons. The molecule has 0 aliphatic carbocycles. The standard InChI is InChI=1S/C18H16N4O2S/c1-18(2,9-19)16-7-14(20-10-21-16)15-6-11-5-12(25-8-17(23)24)3-4-13(11)22-15/h3-7,10,22H,8H2,1-2H3,(H,23,24). The fourth-order valence-electron chi connectivity index (χ4n) is 2.39. The number of nitriles is 1. The number of aromatic amines is 1. The lowest BCUT2D eigenvalue weighted by Gasteiger charge is -2.14. The van der Waals surface area contributed by atoms with E-state index in [4.69, 9.17) is 5.11 Å². The zero-order valence-electron chi connectivity index (χ0n) is 13.8. The molecule has 0 aliphatic heterocycles. The van der Waals surface area contributed by atoms with Crippen LogP contribution in [0.5, 0.6) is 0 Å². The molecule has 0 atom stereocenters. The minimum absolute atomic E-state index is 0.0291. The molecule has 2 N–H and O–H groups in total. The van der Waals surface area contributed by atoms with Crippen LogP contribution < -0.4 is 0 Å². The molecule has 3 aromatic rings. The van der Waals surface area contributed by atoms with Crippen molar-refractivity contribution in [1.82, 2.24) is 15.0 Å². The first kappa shape index (κ1) is 17.0. The quantitative estimate of drug-likeness (QED) is 0.680. The monoisotopic (exact) mass is 352 g/mol. The predicted molar refractivity (Wildman–Crippen MR) is 96.3 cm³/mol. The van der Waals surface area contributed by atoms with Crippen molar-refractivity contribution in [2.24, 2.45) is 0 Å². The summed E-state index contributed by atoms with van der Waals surface area (Å²) in [5, 5.41) is 19.0. The van der Waals surface area contributed by atoms with E-state index < -0.39 is 11.4 Å². The summed E-state index contributed by atoms with van der Waals surface area (Å²) >= 11 is 1.28. The van der Waals surface area contributed by atoms with E-state index in [0.29, 0.717) is 11.4 Å². The molecule has 2 aromatic heterocycles. The van der Waals surface area contributed by atoms with E-state index in [1.807, 2.05) is 44.2 Å². The maximum atomic E-state index is 10.7. The number of aromatic nitrogens is 3. The fraction of sp³-hybridized carbons (Fsp3) is 0.222. The molecule has 6 nitrogen and oxygen atoms in total. The van der Waals surface area contributed by atoms with Crippen molar-refractivity contribution < 1.29 is 9.90 Å². The van der Waals surface area contributed by atoms with Crippen LogP contribution in [0.4, 0.5) is 0 Å².